The summed E-state index contributed by atoms with van der Waals surface area (Å²) in [6.45, 7) is 10.6. The zero-order valence-electron chi connectivity index (χ0n) is 15.2. The van der Waals surface area contributed by atoms with Gasteiger partial charge in [-0.3, -0.25) is 14.5 Å². The Morgan fingerprint density at radius 3 is 2.60 bits per heavy atom. The Morgan fingerprint density at radius 2 is 2.00 bits per heavy atom. The van der Waals surface area contributed by atoms with Crippen LogP contribution in [0.15, 0.2) is 36.9 Å². The third kappa shape index (κ3) is 4.90. The average Bonchev–Trinajstić information content (AvgIpc) is 2.60. The van der Waals surface area contributed by atoms with E-state index in [-0.39, 0.29) is 23.9 Å². The Balaban J connectivity index is 2.07. The average molecular weight is 345 g/mol. The molecule has 0 radical (unpaired) electrons. The Hall–Kier alpha value is -2.18. The van der Waals surface area contributed by atoms with Crippen molar-refractivity contribution in [3.63, 3.8) is 0 Å². The predicted octanol–water partition coefficient (Wildman–Crippen LogP) is 1.99. The van der Waals surface area contributed by atoms with Crippen LogP contribution in [0.4, 0.5) is 5.69 Å². The minimum absolute atomic E-state index is 0.0141. The lowest BCUT2D eigenvalue weighted by atomic mass is 10.1. The van der Waals surface area contributed by atoms with Gasteiger partial charge in [-0.1, -0.05) is 12.6 Å². The maximum atomic E-state index is 12.9. The molecule has 2 atom stereocenters. The number of rotatable bonds is 6. The number of hydrogen-bond acceptors (Lipinski definition) is 4. The molecule has 0 aromatic heterocycles. The molecule has 1 aromatic rings. The topological polar surface area (TPSA) is 61.9 Å². The quantitative estimate of drug-likeness (QED) is 0.801. The Bertz CT molecular complexity index is 620. The molecule has 0 bridgehead atoms. The van der Waals surface area contributed by atoms with Gasteiger partial charge in [0.2, 0.25) is 5.91 Å². The Morgan fingerprint density at radius 1 is 1.32 bits per heavy atom. The number of methoxy groups -OCH3 is 1. The number of hydrogen-bond donors (Lipinski definition) is 1. The molecule has 1 heterocycles. The molecule has 25 heavy (non-hydrogen) atoms. The van der Waals surface area contributed by atoms with Crippen LogP contribution in [0.1, 0.15) is 24.2 Å². The summed E-state index contributed by atoms with van der Waals surface area (Å²) in [5.41, 5.74) is 1.17. The Labute approximate surface area is 149 Å². The molecule has 136 valence electrons. The minimum Gasteiger partial charge on any atom is -0.383 e. The standard InChI is InChI=1S/C19H27N3O3/c1-5-18(23)20-17-8-6-7-16(11-17)19(24)21-12-14(2)22(9-10-25-4)15(3)13-21/h5-8,11,14-15H,1,9-10,12-13H2,2-4H3,(H,20,23)/t14-,15+. The second kappa shape index (κ2) is 8.78. The number of carbonyl (C=O) groups excluding carboxylic acids is 2. The summed E-state index contributed by atoms with van der Waals surface area (Å²) in [4.78, 5) is 28.6. The fourth-order valence-corrected chi connectivity index (χ4v) is 3.27. The van der Waals surface area contributed by atoms with Crippen molar-refractivity contribution in [2.24, 2.45) is 0 Å². The first kappa shape index (κ1) is 19.1. The van der Waals surface area contributed by atoms with Crippen LogP contribution in [0.3, 0.4) is 0 Å². The highest BCUT2D eigenvalue weighted by Gasteiger charge is 2.31. The molecule has 0 spiro atoms. The molecule has 6 nitrogen and oxygen atoms in total. The Kier molecular flexibility index (Phi) is 6.73. The van der Waals surface area contributed by atoms with Gasteiger partial charge >= 0.3 is 0 Å². The zero-order chi connectivity index (χ0) is 18.4. The minimum atomic E-state index is -0.293. The van der Waals surface area contributed by atoms with Gasteiger partial charge < -0.3 is 15.0 Å². The highest BCUT2D eigenvalue weighted by atomic mass is 16.5. The SMILES string of the molecule is C=CC(=O)Nc1cccc(C(=O)N2C[C@@H](C)N(CCOC)[C@@H](C)C2)c1. The van der Waals surface area contributed by atoms with Gasteiger partial charge in [-0.15, -0.1) is 0 Å². The summed E-state index contributed by atoms with van der Waals surface area (Å²) in [5.74, 6) is -0.307. The van der Waals surface area contributed by atoms with Gasteiger partial charge in [-0.2, -0.15) is 0 Å². The van der Waals surface area contributed by atoms with E-state index in [2.05, 4.69) is 30.6 Å². The van der Waals surface area contributed by atoms with E-state index in [0.717, 1.165) is 6.54 Å². The van der Waals surface area contributed by atoms with E-state index >= 15 is 0 Å². The van der Waals surface area contributed by atoms with Crippen LogP contribution >= 0.6 is 0 Å². The number of anilines is 1. The first-order valence-electron chi connectivity index (χ1n) is 8.53. The fourth-order valence-electron chi connectivity index (χ4n) is 3.27. The number of piperazine rings is 1. The van der Waals surface area contributed by atoms with Gasteiger partial charge in [0.05, 0.1) is 6.61 Å². The van der Waals surface area contributed by atoms with Crippen molar-refractivity contribution in [1.29, 1.82) is 0 Å². The molecule has 1 aliphatic heterocycles. The molecule has 1 N–H and O–H groups in total. The van der Waals surface area contributed by atoms with E-state index in [1.165, 1.54) is 6.08 Å². The lowest BCUT2D eigenvalue weighted by molar-refractivity contribution is -0.111. The van der Waals surface area contributed by atoms with Gasteiger partial charge in [-0.25, -0.2) is 0 Å². The molecule has 0 saturated carbocycles. The molecule has 1 aliphatic rings. The molecular weight excluding hydrogens is 318 g/mol. The van der Waals surface area contributed by atoms with Crippen LogP contribution in [0, 0.1) is 0 Å². The lowest BCUT2D eigenvalue weighted by Gasteiger charge is -2.44. The molecule has 6 heteroatoms. The van der Waals surface area contributed by atoms with Crippen molar-refractivity contribution < 1.29 is 14.3 Å². The molecule has 2 amide bonds. The number of amides is 2. The van der Waals surface area contributed by atoms with Crippen molar-refractivity contribution in [3.05, 3.63) is 42.5 Å². The summed E-state index contributed by atoms with van der Waals surface area (Å²) in [7, 11) is 1.70. The number of benzene rings is 1. The molecular formula is C19H27N3O3. The van der Waals surface area contributed by atoms with Gasteiger partial charge in [0.25, 0.3) is 5.91 Å². The lowest BCUT2D eigenvalue weighted by Crippen LogP contribution is -2.58. The van der Waals surface area contributed by atoms with Crippen molar-refractivity contribution in [2.75, 3.05) is 38.7 Å². The number of carbonyl (C=O) groups is 2. The van der Waals surface area contributed by atoms with Crippen molar-refractivity contribution in [3.8, 4) is 0 Å². The smallest absolute Gasteiger partial charge is 0.254 e. The molecule has 1 fully saturated rings. The van der Waals surface area contributed by atoms with Crippen LogP contribution in [-0.4, -0.2) is 67.0 Å². The third-order valence-corrected chi connectivity index (χ3v) is 4.50. The summed E-state index contributed by atoms with van der Waals surface area (Å²) in [5, 5.41) is 2.69. The second-order valence-corrected chi connectivity index (χ2v) is 6.41. The first-order chi connectivity index (χ1) is 12.0. The zero-order valence-corrected chi connectivity index (χ0v) is 15.2. The number of nitrogens with one attached hydrogen (secondary N) is 1. The summed E-state index contributed by atoms with van der Waals surface area (Å²) >= 11 is 0. The van der Waals surface area contributed by atoms with E-state index in [4.69, 9.17) is 4.74 Å². The predicted molar refractivity (Wildman–Crippen MR) is 98.7 cm³/mol. The summed E-state index contributed by atoms with van der Waals surface area (Å²) in [6.07, 6.45) is 1.21. The van der Waals surface area contributed by atoms with Gasteiger partial charge in [-0.05, 0) is 38.1 Å². The van der Waals surface area contributed by atoms with Crippen LogP contribution in [-0.2, 0) is 9.53 Å². The van der Waals surface area contributed by atoms with E-state index < -0.39 is 0 Å². The van der Waals surface area contributed by atoms with Crippen molar-refractivity contribution in [2.45, 2.75) is 25.9 Å². The largest absolute Gasteiger partial charge is 0.383 e. The van der Waals surface area contributed by atoms with Gasteiger partial charge in [0, 0.05) is 50.1 Å². The fraction of sp³-hybridized carbons (Fsp3) is 0.474. The van der Waals surface area contributed by atoms with E-state index in [1.807, 2.05) is 4.90 Å². The third-order valence-electron chi connectivity index (χ3n) is 4.50. The normalized spacial score (nSPS) is 21.0. The first-order valence-corrected chi connectivity index (χ1v) is 8.53. The van der Waals surface area contributed by atoms with Crippen LogP contribution in [0.5, 0.6) is 0 Å². The number of ether oxygens (including phenoxy) is 1. The van der Waals surface area contributed by atoms with Gasteiger partial charge in [0.1, 0.15) is 0 Å². The van der Waals surface area contributed by atoms with E-state index in [9.17, 15) is 9.59 Å². The summed E-state index contributed by atoms with van der Waals surface area (Å²) < 4.78 is 5.18. The van der Waals surface area contributed by atoms with Crippen LogP contribution in [0.25, 0.3) is 0 Å². The van der Waals surface area contributed by atoms with Crippen molar-refractivity contribution >= 4 is 17.5 Å². The molecule has 1 aromatic carbocycles. The van der Waals surface area contributed by atoms with Crippen LogP contribution < -0.4 is 5.32 Å². The monoisotopic (exact) mass is 345 g/mol. The van der Waals surface area contributed by atoms with Gasteiger partial charge in [0.15, 0.2) is 0 Å². The highest BCUT2D eigenvalue weighted by molar-refractivity contribution is 6.00. The van der Waals surface area contributed by atoms with E-state index in [0.29, 0.717) is 30.9 Å². The van der Waals surface area contributed by atoms with E-state index in [1.54, 1.807) is 31.4 Å². The molecule has 0 aliphatic carbocycles. The maximum Gasteiger partial charge on any atom is 0.254 e. The maximum absolute atomic E-state index is 12.9. The molecule has 0 unspecified atom stereocenters. The summed E-state index contributed by atoms with van der Waals surface area (Å²) in [6, 6.07) is 7.55. The second-order valence-electron chi connectivity index (χ2n) is 6.41. The molecule has 2 rings (SSSR count). The van der Waals surface area contributed by atoms with Crippen molar-refractivity contribution in [1.82, 2.24) is 9.80 Å². The van der Waals surface area contributed by atoms with Crippen LogP contribution in [0.2, 0.25) is 0 Å². The number of nitrogens with zero attached hydrogens (tertiary/aromatic N) is 2. The highest BCUT2D eigenvalue weighted by Crippen LogP contribution is 2.19. The molecule has 1 saturated heterocycles.